The highest BCUT2D eigenvalue weighted by molar-refractivity contribution is 6.00. The normalized spacial score (nSPS) is 12.9. The summed E-state index contributed by atoms with van der Waals surface area (Å²) in [6, 6.07) is 66.7. The summed E-state index contributed by atoms with van der Waals surface area (Å²) in [6.45, 7) is 0. The van der Waals surface area contributed by atoms with Crippen molar-refractivity contribution in [1.29, 1.82) is 5.26 Å². The number of nitriles is 1. The van der Waals surface area contributed by atoms with Crippen molar-refractivity contribution in [3.05, 3.63) is 210 Å². The summed E-state index contributed by atoms with van der Waals surface area (Å²) in [4.78, 5) is 4.91. The van der Waals surface area contributed by atoms with E-state index in [9.17, 15) is 0 Å². The zero-order valence-corrected chi connectivity index (χ0v) is 29.1. The minimum Gasteiger partial charge on any atom is -0.436 e. The van der Waals surface area contributed by atoms with Gasteiger partial charge in [-0.2, -0.15) is 5.26 Å². The number of fused-ring (bicyclic) bond motifs is 11. The second-order valence-electron chi connectivity index (χ2n) is 14.2. The molecule has 9 aromatic rings. The molecule has 0 saturated heterocycles. The van der Waals surface area contributed by atoms with Crippen LogP contribution in [0.1, 0.15) is 27.8 Å². The standard InChI is InChI=1S/C51H30N2O/c52-31-32-16-18-33(19-17-32)34-20-22-35(23-21-34)36-24-26-37(27-25-36)50-53-47-29-28-38(30-48(47)54-50)39-11-7-15-46-49(39)42-10-3-6-14-45(42)51(46)43-12-4-1-8-40(43)41-9-2-5-13-44(41)51/h1-30H. The van der Waals surface area contributed by atoms with Crippen LogP contribution in [0.5, 0.6) is 0 Å². The highest BCUT2D eigenvalue weighted by Crippen LogP contribution is 2.63. The zero-order chi connectivity index (χ0) is 35.8. The van der Waals surface area contributed by atoms with E-state index in [4.69, 9.17) is 14.7 Å². The van der Waals surface area contributed by atoms with Crippen LogP contribution < -0.4 is 0 Å². The van der Waals surface area contributed by atoms with E-state index >= 15 is 0 Å². The molecule has 1 aromatic heterocycles. The minimum absolute atomic E-state index is 0.377. The van der Waals surface area contributed by atoms with E-state index in [1.165, 1.54) is 50.1 Å². The number of rotatable bonds is 4. The van der Waals surface area contributed by atoms with Crippen molar-refractivity contribution in [3.63, 3.8) is 0 Å². The molecule has 0 unspecified atom stereocenters. The number of hydrogen-bond acceptors (Lipinski definition) is 3. The maximum Gasteiger partial charge on any atom is 0.227 e. The molecule has 250 valence electrons. The third-order valence-corrected chi connectivity index (χ3v) is 11.4. The van der Waals surface area contributed by atoms with Crippen LogP contribution in [0.25, 0.3) is 78.2 Å². The van der Waals surface area contributed by atoms with Crippen molar-refractivity contribution in [2.24, 2.45) is 0 Å². The van der Waals surface area contributed by atoms with Gasteiger partial charge in [-0.15, -0.1) is 0 Å². The first-order valence-electron chi connectivity index (χ1n) is 18.3. The molecule has 1 spiro atoms. The maximum absolute atomic E-state index is 9.12. The van der Waals surface area contributed by atoms with Crippen LogP contribution in [-0.2, 0) is 5.41 Å². The van der Waals surface area contributed by atoms with E-state index in [-0.39, 0.29) is 5.41 Å². The van der Waals surface area contributed by atoms with Gasteiger partial charge in [0.1, 0.15) is 5.52 Å². The van der Waals surface area contributed by atoms with Crippen molar-refractivity contribution in [1.82, 2.24) is 4.98 Å². The molecule has 0 atom stereocenters. The van der Waals surface area contributed by atoms with E-state index in [1.54, 1.807) is 0 Å². The number of benzene rings is 8. The Morgan fingerprint density at radius 3 is 1.48 bits per heavy atom. The van der Waals surface area contributed by atoms with Gasteiger partial charge in [-0.25, -0.2) is 4.98 Å². The average Bonchev–Trinajstić information content (AvgIpc) is 3.91. The predicted octanol–water partition coefficient (Wildman–Crippen LogP) is 12.7. The Labute approximate surface area is 313 Å². The Kier molecular flexibility index (Phi) is 6.53. The fourth-order valence-corrected chi connectivity index (χ4v) is 9.00. The Morgan fingerprint density at radius 2 is 0.889 bits per heavy atom. The van der Waals surface area contributed by atoms with Crippen molar-refractivity contribution in [2.75, 3.05) is 0 Å². The fourth-order valence-electron chi connectivity index (χ4n) is 9.00. The highest BCUT2D eigenvalue weighted by Gasteiger charge is 2.51. The first-order valence-corrected chi connectivity index (χ1v) is 18.3. The van der Waals surface area contributed by atoms with Crippen LogP contribution in [-0.4, -0.2) is 4.98 Å². The lowest BCUT2D eigenvalue weighted by molar-refractivity contribution is 0.620. The van der Waals surface area contributed by atoms with Crippen LogP contribution in [0, 0.1) is 11.3 Å². The Morgan fingerprint density at radius 1 is 0.426 bits per heavy atom. The molecule has 3 nitrogen and oxygen atoms in total. The van der Waals surface area contributed by atoms with E-state index in [0.29, 0.717) is 11.5 Å². The number of nitrogens with zero attached hydrogens (tertiary/aromatic N) is 2. The van der Waals surface area contributed by atoms with Crippen LogP contribution in [0.2, 0.25) is 0 Å². The SMILES string of the molecule is N#Cc1ccc(-c2ccc(-c3ccc(-c4nc5ccc(-c6cccc7c6-c6ccccc6C76c7ccccc7-c7ccccc76)cc5o4)cc3)cc2)cc1. The van der Waals surface area contributed by atoms with Crippen molar-refractivity contribution < 1.29 is 4.42 Å². The molecule has 0 saturated carbocycles. The predicted molar refractivity (Wildman–Crippen MR) is 217 cm³/mol. The lowest BCUT2D eigenvalue weighted by atomic mass is 9.70. The molecular weight excluding hydrogens is 657 g/mol. The summed E-state index contributed by atoms with van der Waals surface area (Å²) in [6.07, 6.45) is 0. The second kappa shape index (κ2) is 11.6. The van der Waals surface area contributed by atoms with Gasteiger partial charge in [-0.1, -0.05) is 146 Å². The summed E-state index contributed by atoms with van der Waals surface area (Å²) in [7, 11) is 0. The molecule has 0 radical (unpaired) electrons. The molecule has 0 amide bonds. The van der Waals surface area contributed by atoms with Crippen molar-refractivity contribution in [2.45, 2.75) is 5.41 Å². The van der Waals surface area contributed by atoms with E-state index in [0.717, 1.165) is 44.5 Å². The summed E-state index contributed by atoms with van der Waals surface area (Å²) in [5, 5.41) is 9.12. The van der Waals surface area contributed by atoms with Crippen LogP contribution in [0.15, 0.2) is 186 Å². The van der Waals surface area contributed by atoms with Gasteiger partial charge in [-0.05, 0) is 114 Å². The van der Waals surface area contributed by atoms with Gasteiger partial charge in [0.15, 0.2) is 5.58 Å². The monoisotopic (exact) mass is 686 g/mol. The van der Waals surface area contributed by atoms with Crippen molar-refractivity contribution in [3.8, 4) is 73.2 Å². The molecule has 0 bridgehead atoms. The van der Waals surface area contributed by atoms with Gasteiger partial charge >= 0.3 is 0 Å². The summed E-state index contributed by atoms with van der Waals surface area (Å²) >= 11 is 0. The Hall–Kier alpha value is -7.28. The highest BCUT2D eigenvalue weighted by atomic mass is 16.3. The van der Waals surface area contributed by atoms with Gasteiger partial charge in [0.05, 0.1) is 17.0 Å². The third-order valence-electron chi connectivity index (χ3n) is 11.4. The topological polar surface area (TPSA) is 49.8 Å². The lowest BCUT2D eigenvalue weighted by Gasteiger charge is -2.30. The van der Waals surface area contributed by atoms with Crippen LogP contribution >= 0.6 is 0 Å². The van der Waals surface area contributed by atoms with Gasteiger partial charge in [-0.3, -0.25) is 0 Å². The van der Waals surface area contributed by atoms with E-state index < -0.39 is 0 Å². The van der Waals surface area contributed by atoms with Gasteiger partial charge in [0, 0.05) is 5.56 Å². The Bertz CT molecular complexity index is 2940. The average molecular weight is 687 g/mol. The van der Waals surface area contributed by atoms with E-state index in [1.807, 2.05) is 24.3 Å². The summed E-state index contributed by atoms with van der Waals surface area (Å²) in [5.74, 6) is 0.603. The van der Waals surface area contributed by atoms with Crippen molar-refractivity contribution >= 4 is 11.1 Å². The molecule has 2 aliphatic rings. The van der Waals surface area contributed by atoms with Gasteiger partial charge in [0.2, 0.25) is 5.89 Å². The fraction of sp³-hybridized carbons (Fsp3) is 0.0196. The molecule has 11 rings (SSSR count). The van der Waals surface area contributed by atoms with Crippen LogP contribution in [0.3, 0.4) is 0 Å². The molecule has 54 heavy (non-hydrogen) atoms. The minimum atomic E-state index is -0.377. The van der Waals surface area contributed by atoms with Crippen LogP contribution in [0.4, 0.5) is 0 Å². The molecular formula is C51H30N2O. The lowest BCUT2D eigenvalue weighted by Crippen LogP contribution is -2.25. The molecule has 0 N–H and O–H groups in total. The zero-order valence-electron chi connectivity index (χ0n) is 29.1. The van der Waals surface area contributed by atoms with Gasteiger partial charge < -0.3 is 4.42 Å². The van der Waals surface area contributed by atoms with E-state index in [2.05, 4.69) is 164 Å². The molecule has 3 heteroatoms. The quantitative estimate of drug-likeness (QED) is 0.185. The van der Waals surface area contributed by atoms with Gasteiger partial charge in [0.25, 0.3) is 0 Å². The maximum atomic E-state index is 9.12. The summed E-state index contributed by atoms with van der Waals surface area (Å²) < 4.78 is 6.49. The first-order chi connectivity index (χ1) is 26.7. The molecule has 2 aliphatic carbocycles. The first kappa shape index (κ1) is 30.4. The number of aromatic nitrogens is 1. The third kappa shape index (κ3) is 4.32. The molecule has 0 fully saturated rings. The smallest absolute Gasteiger partial charge is 0.227 e. The second-order valence-corrected chi connectivity index (χ2v) is 14.2. The molecule has 8 aromatic carbocycles. The largest absolute Gasteiger partial charge is 0.436 e. The molecule has 1 heterocycles. The Balaban J connectivity index is 0.954. The summed E-state index contributed by atoms with van der Waals surface area (Å²) in [5.41, 5.74) is 20.1. The number of oxazole rings is 1. The molecule has 0 aliphatic heterocycles. The number of hydrogen-bond donors (Lipinski definition) is 0.